The molecule has 3 heteroatoms. The zero-order valence-corrected chi connectivity index (χ0v) is 12.1. The van der Waals surface area contributed by atoms with E-state index in [1.165, 1.54) is 5.69 Å². The zero-order chi connectivity index (χ0) is 14.4. The van der Waals surface area contributed by atoms with E-state index in [9.17, 15) is 0 Å². The molecule has 0 spiro atoms. The van der Waals surface area contributed by atoms with Gasteiger partial charge in [0, 0.05) is 24.3 Å². The topological polar surface area (TPSA) is 38.5 Å². The van der Waals surface area contributed by atoms with Crippen molar-refractivity contribution in [1.29, 1.82) is 0 Å². The maximum atomic E-state index is 6.04. The average molecular weight is 270 g/mol. The highest BCUT2D eigenvalue weighted by Gasteiger charge is 2.21. The van der Waals surface area contributed by atoms with E-state index in [1.54, 1.807) is 7.11 Å². The zero-order valence-electron chi connectivity index (χ0n) is 12.1. The van der Waals surface area contributed by atoms with Crippen molar-refractivity contribution in [2.24, 2.45) is 5.73 Å². The summed E-state index contributed by atoms with van der Waals surface area (Å²) in [4.78, 5) is 2.30. The number of benzene rings is 2. The number of nitrogens with zero attached hydrogens (tertiary/aromatic N) is 1. The van der Waals surface area contributed by atoms with Crippen molar-refractivity contribution in [3.63, 3.8) is 0 Å². The monoisotopic (exact) mass is 270 g/mol. The Morgan fingerprint density at radius 2 is 1.70 bits per heavy atom. The van der Waals surface area contributed by atoms with Gasteiger partial charge in [-0.2, -0.15) is 0 Å². The maximum Gasteiger partial charge on any atom is 0.124 e. The van der Waals surface area contributed by atoms with Crippen LogP contribution in [-0.4, -0.2) is 20.2 Å². The van der Waals surface area contributed by atoms with Crippen LogP contribution in [-0.2, 0) is 0 Å². The Hall–Kier alpha value is -2.00. The number of nitrogens with two attached hydrogens (primary N) is 1. The summed E-state index contributed by atoms with van der Waals surface area (Å²) in [6.45, 7) is 3.58. The first kappa shape index (κ1) is 14.4. The van der Waals surface area contributed by atoms with Gasteiger partial charge in [-0.05, 0) is 25.1 Å². The van der Waals surface area contributed by atoms with Crippen molar-refractivity contribution in [3.05, 3.63) is 60.2 Å². The molecule has 0 aliphatic rings. The summed E-state index contributed by atoms with van der Waals surface area (Å²) in [7, 11) is 1.70. The molecule has 20 heavy (non-hydrogen) atoms. The molecule has 0 saturated carbocycles. The third kappa shape index (κ3) is 2.94. The van der Waals surface area contributed by atoms with Crippen LogP contribution >= 0.6 is 0 Å². The molecule has 0 amide bonds. The second-order valence-electron chi connectivity index (χ2n) is 4.62. The van der Waals surface area contributed by atoms with E-state index < -0.39 is 0 Å². The highest BCUT2D eigenvalue weighted by atomic mass is 16.5. The molecule has 0 bridgehead atoms. The van der Waals surface area contributed by atoms with Crippen molar-refractivity contribution in [3.8, 4) is 5.75 Å². The van der Waals surface area contributed by atoms with Crippen LogP contribution in [0.2, 0.25) is 0 Å². The smallest absolute Gasteiger partial charge is 0.124 e. The van der Waals surface area contributed by atoms with E-state index in [4.69, 9.17) is 10.5 Å². The SMILES string of the molecule is CCN(c1ccccc1)C(CN)c1ccccc1OC. The van der Waals surface area contributed by atoms with Crippen LogP contribution in [0.25, 0.3) is 0 Å². The Morgan fingerprint density at radius 3 is 2.30 bits per heavy atom. The van der Waals surface area contributed by atoms with E-state index in [0.29, 0.717) is 6.54 Å². The van der Waals surface area contributed by atoms with Crippen molar-refractivity contribution >= 4 is 5.69 Å². The number of likely N-dealkylation sites (N-methyl/N-ethyl adjacent to an activating group) is 1. The molecule has 106 valence electrons. The van der Waals surface area contributed by atoms with Crippen LogP contribution < -0.4 is 15.4 Å². The summed E-state index contributed by atoms with van der Waals surface area (Å²) in [6.07, 6.45) is 0. The molecule has 0 aliphatic carbocycles. The molecule has 0 aliphatic heterocycles. The molecule has 2 aromatic rings. The average Bonchev–Trinajstić information content (AvgIpc) is 2.53. The van der Waals surface area contributed by atoms with Crippen molar-refractivity contribution in [2.45, 2.75) is 13.0 Å². The molecule has 2 aromatic carbocycles. The number of hydrogen-bond acceptors (Lipinski definition) is 3. The summed E-state index contributed by atoms with van der Waals surface area (Å²) < 4.78 is 5.48. The summed E-state index contributed by atoms with van der Waals surface area (Å²) in [5.74, 6) is 0.886. The molecule has 0 aromatic heterocycles. The van der Waals surface area contributed by atoms with E-state index in [2.05, 4.69) is 30.0 Å². The normalized spacial score (nSPS) is 11.9. The molecule has 0 radical (unpaired) electrons. The summed E-state index contributed by atoms with van der Waals surface area (Å²) in [5.41, 5.74) is 8.35. The van der Waals surface area contributed by atoms with Gasteiger partial charge in [-0.3, -0.25) is 0 Å². The van der Waals surface area contributed by atoms with Gasteiger partial charge in [0.1, 0.15) is 5.75 Å². The van der Waals surface area contributed by atoms with Crippen LogP contribution in [0.5, 0.6) is 5.75 Å². The van der Waals surface area contributed by atoms with Crippen molar-refractivity contribution in [1.82, 2.24) is 0 Å². The first-order valence-corrected chi connectivity index (χ1v) is 6.96. The predicted molar refractivity (Wildman–Crippen MR) is 84.3 cm³/mol. The first-order valence-electron chi connectivity index (χ1n) is 6.96. The van der Waals surface area contributed by atoms with Gasteiger partial charge in [-0.25, -0.2) is 0 Å². The van der Waals surface area contributed by atoms with Crippen molar-refractivity contribution < 1.29 is 4.74 Å². The number of rotatable bonds is 6. The highest BCUT2D eigenvalue weighted by Crippen LogP contribution is 2.31. The molecular formula is C17H22N2O. The number of anilines is 1. The lowest BCUT2D eigenvalue weighted by Crippen LogP contribution is -2.33. The van der Waals surface area contributed by atoms with E-state index in [-0.39, 0.29) is 6.04 Å². The first-order chi connectivity index (χ1) is 9.81. The van der Waals surface area contributed by atoms with Crippen LogP contribution in [0.4, 0.5) is 5.69 Å². The molecule has 1 atom stereocenters. The Kier molecular flexibility index (Phi) is 5.02. The van der Waals surface area contributed by atoms with Gasteiger partial charge < -0.3 is 15.4 Å². The number of ether oxygens (including phenoxy) is 1. The highest BCUT2D eigenvalue weighted by molar-refractivity contribution is 5.51. The lowest BCUT2D eigenvalue weighted by Gasteiger charge is -2.33. The number of hydrogen-bond donors (Lipinski definition) is 1. The molecule has 0 heterocycles. The quantitative estimate of drug-likeness (QED) is 0.876. The number of methoxy groups -OCH3 is 1. The standard InChI is InChI=1S/C17H22N2O/c1-3-19(14-9-5-4-6-10-14)16(13-18)15-11-7-8-12-17(15)20-2/h4-12,16H,3,13,18H2,1-2H3. The largest absolute Gasteiger partial charge is 0.496 e. The second-order valence-corrected chi connectivity index (χ2v) is 4.62. The van der Waals surface area contributed by atoms with Gasteiger partial charge in [0.25, 0.3) is 0 Å². The van der Waals surface area contributed by atoms with Gasteiger partial charge in [0.2, 0.25) is 0 Å². The third-order valence-electron chi connectivity index (χ3n) is 3.53. The molecule has 1 unspecified atom stereocenters. The second kappa shape index (κ2) is 6.96. The molecule has 0 saturated heterocycles. The molecule has 0 fully saturated rings. The minimum absolute atomic E-state index is 0.110. The fraction of sp³-hybridized carbons (Fsp3) is 0.294. The summed E-state index contributed by atoms with van der Waals surface area (Å²) >= 11 is 0. The van der Waals surface area contributed by atoms with Crippen LogP contribution in [0, 0.1) is 0 Å². The lowest BCUT2D eigenvalue weighted by atomic mass is 10.0. The summed E-state index contributed by atoms with van der Waals surface area (Å²) in [6, 6.07) is 18.5. The van der Waals surface area contributed by atoms with Crippen LogP contribution in [0.15, 0.2) is 54.6 Å². The Morgan fingerprint density at radius 1 is 1.05 bits per heavy atom. The third-order valence-corrected chi connectivity index (χ3v) is 3.53. The maximum absolute atomic E-state index is 6.04. The van der Waals surface area contributed by atoms with Gasteiger partial charge in [-0.15, -0.1) is 0 Å². The Labute approximate surface area is 121 Å². The fourth-order valence-electron chi connectivity index (χ4n) is 2.57. The van der Waals surface area contributed by atoms with Gasteiger partial charge >= 0.3 is 0 Å². The van der Waals surface area contributed by atoms with Gasteiger partial charge in [0.05, 0.1) is 13.2 Å². The van der Waals surface area contributed by atoms with E-state index in [1.807, 2.05) is 36.4 Å². The lowest BCUT2D eigenvalue weighted by molar-refractivity contribution is 0.404. The summed E-state index contributed by atoms with van der Waals surface area (Å²) in [5, 5.41) is 0. The number of para-hydroxylation sites is 2. The Balaban J connectivity index is 2.39. The van der Waals surface area contributed by atoms with Crippen LogP contribution in [0.1, 0.15) is 18.5 Å². The minimum Gasteiger partial charge on any atom is -0.496 e. The Bertz CT molecular complexity index is 528. The molecule has 3 nitrogen and oxygen atoms in total. The van der Waals surface area contributed by atoms with Gasteiger partial charge in [0.15, 0.2) is 0 Å². The van der Waals surface area contributed by atoms with E-state index in [0.717, 1.165) is 17.9 Å². The predicted octanol–water partition coefficient (Wildman–Crippen LogP) is 3.22. The van der Waals surface area contributed by atoms with Crippen LogP contribution in [0.3, 0.4) is 0 Å². The molecule has 2 rings (SSSR count). The molecule has 2 N–H and O–H groups in total. The fourth-order valence-corrected chi connectivity index (χ4v) is 2.57. The van der Waals surface area contributed by atoms with E-state index >= 15 is 0 Å². The minimum atomic E-state index is 0.110. The van der Waals surface area contributed by atoms with Gasteiger partial charge in [-0.1, -0.05) is 36.4 Å². The van der Waals surface area contributed by atoms with Crippen molar-refractivity contribution in [2.75, 3.05) is 25.1 Å². The molecular weight excluding hydrogens is 248 g/mol.